The summed E-state index contributed by atoms with van der Waals surface area (Å²) in [5.41, 5.74) is 3.17. The molecular formula is C18H21N5O2. The lowest BCUT2D eigenvalue weighted by Crippen LogP contribution is -2.46. The van der Waals surface area contributed by atoms with E-state index in [0.29, 0.717) is 18.9 Å². The van der Waals surface area contributed by atoms with Gasteiger partial charge in [-0.05, 0) is 24.6 Å². The van der Waals surface area contributed by atoms with Crippen molar-refractivity contribution in [3.8, 4) is 0 Å². The highest BCUT2D eigenvalue weighted by molar-refractivity contribution is 5.91. The molecule has 0 radical (unpaired) electrons. The number of hydrogen-bond acceptors (Lipinski definition) is 5. The third-order valence-corrected chi connectivity index (χ3v) is 4.10. The number of carboxylic acid groups (broad SMARTS) is 1. The molecule has 1 saturated heterocycles. The minimum atomic E-state index is -1.06. The predicted octanol–water partition coefficient (Wildman–Crippen LogP) is 2.99. The molecule has 7 nitrogen and oxygen atoms in total. The van der Waals surface area contributed by atoms with Gasteiger partial charge in [0.2, 0.25) is 0 Å². The number of anilines is 1. The number of carbonyl (C=O) groups is 1. The molecule has 2 aromatic heterocycles. The molecule has 0 amide bonds. The maximum Gasteiger partial charge on any atom is 0.358 e. The van der Waals surface area contributed by atoms with Crippen molar-refractivity contribution in [2.45, 2.75) is 26.7 Å². The number of aromatic amines is 1. The molecule has 0 spiro atoms. The first-order valence-corrected chi connectivity index (χ1v) is 8.37. The van der Waals surface area contributed by atoms with Crippen LogP contribution >= 0.6 is 0 Å². The van der Waals surface area contributed by atoms with Crippen LogP contribution in [0.4, 0.5) is 5.82 Å². The number of rotatable bonds is 3. The van der Waals surface area contributed by atoms with Crippen molar-refractivity contribution in [2.24, 2.45) is 0 Å². The van der Waals surface area contributed by atoms with Crippen molar-refractivity contribution in [1.82, 2.24) is 19.9 Å². The van der Waals surface area contributed by atoms with Crippen LogP contribution in [0, 0.1) is 6.92 Å². The summed E-state index contributed by atoms with van der Waals surface area (Å²) < 4.78 is 0. The molecule has 2 N–H and O–H groups in total. The van der Waals surface area contributed by atoms with E-state index in [1.165, 1.54) is 18.0 Å². The molecule has 7 heteroatoms. The van der Waals surface area contributed by atoms with E-state index >= 15 is 0 Å². The molecule has 0 atom stereocenters. The minimum absolute atomic E-state index is 0.00817. The molecule has 4 rings (SSSR count). The van der Waals surface area contributed by atoms with E-state index in [4.69, 9.17) is 0 Å². The number of imidazole rings is 1. The first-order valence-electron chi connectivity index (χ1n) is 8.37. The summed E-state index contributed by atoms with van der Waals surface area (Å²) >= 11 is 0. The number of aromatic carboxylic acids is 1. The zero-order valence-electron chi connectivity index (χ0n) is 14.5. The summed E-state index contributed by atoms with van der Waals surface area (Å²) in [6.07, 6.45) is 2.91. The second kappa shape index (κ2) is 6.88. The fourth-order valence-corrected chi connectivity index (χ4v) is 2.87. The van der Waals surface area contributed by atoms with Crippen molar-refractivity contribution in [3.63, 3.8) is 0 Å². The zero-order chi connectivity index (χ0) is 18.0. The van der Waals surface area contributed by atoms with E-state index < -0.39 is 5.97 Å². The van der Waals surface area contributed by atoms with Crippen LogP contribution in [0.15, 0.2) is 30.6 Å². The number of H-pyrrole nitrogens is 1. The standard InChI is InChI=1S/C16H15N5O2.C2H6/c1-9-2-3-11-12(6-9)20-14(19-11)10-7-21(8-10)15-13(16(22)23)17-4-5-18-15;1-2/h2-6,10H,7-8H2,1H3,(H,19,20)(H,22,23);1-2H3. The number of hydrogen-bond donors (Lipinski definition) is 2. The number of benzene rings is 1. The maximum absolute atomic E-state index is 11.2. The second-order valence-corrected chi connectivity index (χ2v) is 5.78. The quantitative estimate of drug-likeness (QED) is 0.762. The number of carboxylic acids is 1. The normalized spacial score (nSPS) is 14.0. The lowest BCUT2D eigenvalue weighted by molar-refractivity contribution is 0.0690. The van der Waals surface area contributed by atoms with Gasteiger partial charge in [-0.3, -0.25) is 0 Å². The average Bonchev–Trinajstić information content (AvgIpc) is 2.98. The van der Waals surface area contributed by atoms with Crippen molar-refractivity contribution < 1.29 is 9.90 Å². The first-order chi connectivity index (χ1) is 12.1. The van der Waals surface area contributed by atoms with Crippen LogP contribution in [0.25, 0.3) is 11.0 Å². The van der Waals surface area contributed by atoms with Gasteiger partial charge in [0.25, 0.3) is 0 Å². The van der Waals surface area contributed by atoms with Crippen LogP contribution in [0.2, 0.25) is 0 Å². The van der Waals surface area contributed by atoms with Crippen molar-refractivity contribution in [3.05, 3.63) is 47.7 Å². The van der Waals surface area contributed by atoms with E-state index in [1.54, 1.807) is 0 Å². The summed E-state index contributed by atoms with van der Waals surface area (Å²) in [5, 5.41) is 9.19. The highest BCUT2D eigenvalue weighted by Gasteiger charge is 2.34. The molecule has 25 heavy (non-hydrogen) atoms. The Morgan fingerprint density at radius 1 is 1.24 bits per heavy atom. The Bertz CT molecular complexity index is 899. The molecule has 3 heterocycles. The van der Waals surface area contributed by atoms with Gasteiger partial charge in [0, 0.05) is 25.5 Å². The van der Waals surface area contributed by atoms with Gasteiger partial charge in [0.15, 0.2) is 11.5 Å². The van der Waals surface area contributed by atoms with Gasteiger partial charge in [-0.15, -0.1) is 0 Å². The Labute approximate surface area is 145 Å². The molecule has 1 aliphatic rings. The average molecular weight is 339 g/mol. The highest BCUT2D eigenvalue weighted by atomic mass is 16.4. The van der Waals surface area contributed by atoms with Crippen LogP contribution in [-0.4, -0.2) is 44.1 Å². The Morgan fingerprint density at radius 3 is 2.68 bits per heavy atom. The number of fused-ring (bicyclic) bond motifs is 1. The van der Waals surface area contributed by atoms with Gasteiger partial charge in [0.1, 0.15) is 5.82 Å². The Balaban J connectivity index is 0.000000880. The molecule has 1 fully saturated rings. The second-order valence-electron chi connectivity index (χ2n) is 5.78. The molecule has 130 valence electrons. The molecule has 0 unspecified atom stereocenters. The third kappa shape index (κ3) is 3.17. The molecular weight excluding hydrogens is 318 g/mol. The smallest absolute Gasteiger partial charge is 0.358 e. The fourth-order valence-electron chi connectivity index (χ4n) is 2.87. The minimum Gasteiger partial charge on any atom is -0.476 e. The van der Waals surface area contributed by atoms with Crippen LogP contribution < -0.4 is 4.90 Å². The van der Waals surface area contributed by atoms with E-state index in [2.05, 4.69) is 26.0 Å². The summed E-state index contributed by atoms with van der Waals surface area (Å²) in [6.45, 7) is 7.40. The third-order valence-electron chi connectivity index (χ3n) is 4.10. The lowest BCUT2D eigenvalue weighted by Gasteiger charge is -2.39. The lowest BCUT2D eigenvalue weighted by atomic mass is 9.99. The highest BCUT2D eigenvalue weighted by Crippen LogP contribution is 2.31. The zero-order valence-corrected chi connectivity index (χ0v) is 14.5. The summed E-state index contributed by atoms with van der Waals surface area (Å²) in [7, 11) is 0. The van der Waals surface area contributed by atoms with Gasteiger partial charge in [0.05, 0.1) is 17.0 Å². The van der Waals surface area contributed by atoms with Crippen LogP contribution in [0.5, 0.6) is 0 Å². The van der Waals surface area contributed by atoms with E-state index in [1.807, 2.05) is 37.8 Å². The molecule has 0 bridgehead atoms. The maximum atomic E-state index is 11.2. The van der Waals surface area contributed by atoms with Gasteiger partial charge < -0.3 is 15.0 Å². The number of aromatic nitrogens is 4. The van der Waals surface area contributed by atoms with E-state index in [0.717, 1.165) is 16.9 Å². The largest absolute Gasteiger partial charge is 0.476 e. The molecule has 1 aliphatic heterocycles. The van der Waals surface area contributed by atoms with Gasteiger partial charge in [-0.2, -0.15) is 0 Å². The number of nitrogens with one attached hydrogen (secondary N) is 1. The van der Waals surface area contributed by atoms with Crippen LogP contribution in [0.3, 0.4) is 0 Å². The van der Waals surface area contributed by atoms with E-state index in [-0.39, 0.29) is 11.6 Å². The Morgan fingerprint density at radius 2 is 1.96 bits per heavy atom. The molecule has 1 aromatic carbocycles. The topological polar surface area (TPSA) is 95.0 Å². The van der Waals surface area contributed by atoms with Gasteiger partial charge in [-0.25, -0.2) is 19.7 Å². The van der Waals surface area contributed by atoms with Crippen molar-refractivity contribution in [2.75, 3.05) is 18.0 Å². The molecule has 0 aliphatic carbocycles. The van der Waals surface area contributed by atoms with Crippen LogP contribution in [0.1, 0.15) is 41.6 Å². The van der Waals surface area contributed by atoms with Crippen molar-refractivity contribution >= 4 is 22.8 Å². The molecule has 0 saturated carbocycles. The van der Waals surface area contributed by atoms with Gasteiger partial charge >= 0.3 is 5.97 Å². The number of nitrogens with zero attached hydrogens (tertiary/aromatic N) is 4. The SMILES string of the molecule is CC.Cc1ccc2nc(C3CN(c4nccnc4C(=O)O)C3)[nH]c2c1. The molecule has 3 aromatic rings. The first kappa shape index (κ1) is 16.9. The Hall–Kier alpha value is -2.96. The fraction of sp³-hybridized carbons (Fsp3) is 0.333. The summed E-state index contributed by atoms with van der Waals surface area (Å²) in [6, 6.07) is 6.12. The van der Waals surface area contributed by atoms with Crippen LogP contribution in [-0.2, 0) is 0 Å². The number of aryl methyl sites for hydroxylation is 1. The summed E-state index contributed by atoms with van der Waals surface area (Å²) in [4.78, 5) is 29.2. The van der Waals surface area contributed by atoms with Crippen molar-refractivity contribution in [1.29, 1.82) is 0 Å². The predicted molar refractivity (Wildman–Crippen MR) is 96.1 cm³/mol. The Kier molecular flexibility index (Phi) is 4.65. The summed E-state index contributed by atoms with van der Waals surface area (Å²) in [5.74, 6) is 0.535. The van der Waals surface area contributed by atoms with E-state index in [9.17, 15) is 9.90 Å². The monoisotopic (exact) mass is 339 g/mol. The van der Waals surface area contributed by atoms with Gasteiger partial charge in [-0.1, -0.05) is 19.9 Å².